The number of carbonyl (C=O) groups is 1. The first-order valence-corrected chi connectivity index (χ1v) is 10.3. The predicted octanol–water partition coefficient (Wildman–Crippen LogP) is 3.31. The Morgan fingerprint density at radius 3 is 2.30 bits per heavy atom. The molecule has 1 aromatic rings. The summed E-state index contributed by atoms with van der Waals surface area (Å²) in [6.45, 7) is 9.15. The van der Waals surface area contributed by atoms with E-state index >= 15 is 0 Å². The summed E-state index contributed by atoms with van der Waals surface area (Å²) >= 11 is 0. The molecule has 0 unspecified atom stereocenters. The first-order chi connectivity index (χ1) is 11.2. The number of unbranched alkanes of at least 4 members (excludes halogenated alkanes) is 2. The maximum atomic E-state index is 11.0. The van der Waals surface area contributed by atoms with Crippen LogP contribution in [0.5, 0.6) is 0 Å². The van der Waals surface area contributed by atoms with Crippen LogP contribution in [0.15, 0.2) is 43.0 Å². The fourth-order valence-corrected chi connectivity index (χ4v) is 5.87. The van der Waals surface area contributed by atoms with Gasteiger partial charge in [-0.05, 0) is 31.5 Å². The predicted molar refractivity (Wildman–Crippen MR) is 94.9 cm³/mol. The highest BCUT2D eigenvalue weighted by Gasteiger charge is 2.38. The topological polar surface area (TPSA) is 44.8 Å². The van der Waals surface area contributed by atoms with E-state index in [1.807, 2.05) is 32.0 Å². The second-order valence-electron chi connectivity index (χ2n) is 5.17. The Morgan fingerprint density at radius 1 is 1.09 bits per heavy atom. The Hall–Kier alpha value is -1.43. The van der Waals surface area contributed by atoms with Crippen molar-refractivity contribution in [3.05, 3.63) is 43.0 Å². The third-order valence-electron chi connectivity index (χ3n) is 3.53. The fourth-order valence-electron chi connectivity index (χ4n) is 2.52. The molecule has 0 amide bonds. The van der Waals surface area contributed by atoms with Crippen molar-refractivity contribution in [1.82, 2.24) is 0 Å². The van der Waals surface area contributed by atoms with E-state index in [9.17, 15) is 4.79 Å². The maximum Gasteiger partial charge on any atom is 0.372 e. The molecule has 0 aliphatic heterocycles. The van der Waals surface area contributed by atoms with Gasteiger partial charge in [-0.3, -0.25) is 0 Å². The van der Waals surface area contributed by atoms with Crippen molar-refractivity contribution in [3.8, 4) is 0 Å². The Morgan fingerprint density at radius 2 is 1.74 bits per heavy atom. The number of benzene rings is 1. The quantitative estimate of drug-likeness (QED) is 0.254. The van der Waals surface area contributed by atoms with Gasteiger partial charge in [0.2, 0.25) is 0 Å². The third kappa shape index (κ3) is 6.68. The maximum absolute atomic E-state index is 11.0. The van der Waals surface area contributed by atoms with Gasteiger partial charge in [-0.2, -0.15) is 0 Å². The van der Waals surface area contributed by atoms with Crippen LogP contribution in [0.2, 0.25) is 6.04 Å². The molecule has 4 nitrogen and oxygen atoms in total. The third-order valence-corrected chi connectivity index (χ3v) is 7.26. The van der Waals surface area contributed by atoms with E-state index in [2.05, 4.69) is 18.7 Å². The van der Waals surface area contributed by atoms with Crippen LogP contribution in [-0.4, -0.2) is 34.4 Å². The average Bonchev–Trinajstić information content (AvgIpc) is 2.58. The lowest BCUT2D eigenvalue weighted by Crippen LogP contribution is -2.53. The van der Waals surface area contributed by atoms with Gasteiger partial charge in [0.15, 0.2) is 0 Å². The van der Waals surface area contributed by atoms with Crippen molar-refractivity contribution in [2.45, 2.75) is 39.2 Å². The molecule has 0 saturated carbocycles. The SMILES string of the molecule is C=CC(=O)OCCCCC[Si](OCC)(OCC)c1ccccc1. The van der Waals surface area contributed by atoms with Gasteiger partial charge < -0.3 is 13.6 Å². The van der Waals surface area contributed by atoms with Crippen LogP contribution in [0.25, 0.3) is 0 Å². The highest BCUT2D eigenvalue weighted by atomic mass is 28.4. The van der Waals surface area contributed by atoms with Crippen LogP contribution in [-0.2, 0) is 18.4 Å². The molecule has 5 heteroatoms. The lowest BCUT2D eigenvalue weighted by atomic mass is 10.3. The zero-order valence-electron chi connectivity index (χ0n) is 14.3. The number of rotatable bonds is 12. The summed E-state index contributed by atoms with van der Waals surface area (Å²) < 4.78 is 17.3. The Balaban J connectivity index is 2.56. The van der Waals surface area contributed by atoms with E-state index in [-0.39, 0.29) is 5.97 Å². The first-order valence-electron chi connectivity index (χ1n) is 8.31. The number of hydrogen-bond acceptors (Lipinski definition) is 4. The van der Waals surface area contributed by atoms with Crippen LogP contribution in [0.1, 0.15) is 33.1 Å². The zero-order valence-corrected chi connectivity index (χ0v) is 15.3. The average molecular weight is 337 g/mol. The Kier molecular flexibility index (Phi) is 9.51. The standard InChI is InChI=1S/C18H28O4Si/c1-4-18(19)20-15-11-8-12-16-23(21-5-2,22-6-3)17-13-9-7-10-14-17/h4,7,9-10,13-14H,1,5-6,8,11-12,15-16H2,2-3H3. The van der Waals surface area contributed by atoms with Crippen molar-refractivity contribution in [3.63, 3.8) is 0 Å². The number of carbonyl (C=O) groups excluding carboxylic acids is 1. The summed E-state index contributed by atoms with van der Waals surface area (Å²) in [4.78, 5) is 11.0. The molecule has 0 aliphatic carbocycles. The van der Waals surface area contributed by atoms with Crippen molar-refractivity contribution < 1.29 is 18.4 Å². The van der Waals surface area contributed by atoms with E-state index in [1.165, 1.54) is 11.3 Å². The largest absolute Gasteiger partial charge is 0.463 e. The summed E-state index contributed by atoms with van der Waals surface area (Å²) in [7, 11) is -2.38. The van der Waals surface area contributed by atoms with E-state index in [4.69, 9.17) is 13.6 Å². The van der Waals surface area contributed by atoms with Crippen LogP contribution in [0.3, 0.4) is 0 Å². The smallest absolute Gasteiger partial charge is 0.372 e. The highest BCUT2D eigenvalue weighted by molar-refractivity contribution is 6.81. The van der Waals surface area contributed by atoms with Gasteiger partial charge in [0.1, 0.15) is 0 Å². The summed E-state index contributed by atoms with van der Waals surface area (Å²) in [5, 5.41) is 1.18. The van der Waals surface area contributed by atoms with Crippen LogP contribution >= 0.6 is 0 Å². The number of ether oxygens (including phenoxy) is 1. The van der Waals surface area contributed by atoms with Crippen LogP contribution < -0.4 is 5.19 Å². The molecule has 0 radical (unpaired) electrons. The molecule has 0 N–H and O–H groups in total. The molecule has 1 aromatic carbocycles. The minimum atomic E-state index is -2.38. The van der Waals surface area contributed by atoms with E-state index in [0.717, 1.165) is 25.3 Å². The molecule has 0 bridgehead atoms. The molecule has 23 heavy (non-hydrogen) atoms. The second kappa shape index (κ2) is 11.2. The summed E-state index contributed by atoms with van der Waals surface area (Å²) in [6, 6.07) is 11.2. The highest BCUT2D eigenvalue weighted by Crippen LogP contribution is 2.19. The molecule has 0 saturated heterocycles. The number of esters is 1. The van der Waals surface area contributed by atoms with E-state index in [1.54, 1.807) is 0 Å². The molecule has 0 aromatic heterocycles. The molecular weight excluding hydrogens is 308 g/mol. The van der Waals surface area contributed by atoms with Gasteiger partial charge in [0.25, 0.3) is 0 Å². The Labute approximate surface area is 140 Å². The van der Waals surface area contributed by atoms with Gasteiger partial charge in [-0.15, -0.1) is 0 Å². The van der Waals surface area contributed by atoms with Crippen LogP contribution in [0.4, 0.5) is 0 Å². The lowest BCUT2D eigenvalue weighted by Gasteiger charge is -2.30. The van der Waals surface area contributed by atoms with Crippen molar-refractivity contribution in [2.24, 2.45) is 0 Å². The van der Waals surface area contributed by atoms with Gasteiger partial charge in [-0.1, -0.05) is 49.8 Å². The minimum absolute atomic E-state index is 0.360. The molecule has 0 aliphatic rings. The lowest BCUT2D eigenvalue weighted by molar-refractivity contribution is -0.137. The monoisotopic (exact) mass is 336 g/mol. The normalized spacial score (nSPS) is 11.2. The molecule has 0 heterocycles. The van der Waals surface area contributed by atoms with Gasteiger partial charge in [0, 0.05) is 19.3 Å². The van der Waals surface area contributed by atoms with E-state index in [0.29, 0.717) is 19.8 Å². The second-order valence-corrected chi connectivity index (χ2v) is 8.33. The first kappa shape index (κ1) is 19.6. The van der Waals surface area contributed by atoms with Gasteiger partial charge in [0.05, 0.1) is 6.61 Å². The summed E-state index contributed by atoms with van der Waals surface area (Å²) in [5.74, 6) is -0.360. The molecule has 0 spiro atoms. The van der Waals surface area contributed by atoms with Gasteiger partial charge in [-0.25, -0.2) is 4.79 Å². The summed E-state index contributed by atoms with van der Waals surface area (Å²) in [5.41, 5.74) is 0. The zero-order chi connectivity index (χ0) is 17.0. The van der Waals surface area contributed by atoms with Crippen LogP contribution in [0, 0.1) is 0 Å². The van der Waals surface area contributed by atoms with E-state index < -0.39 is 8.56 Å². The van der Waals surface area contributed by atoms with Gasteiger partial charge >= 0.3 is 14.5 Å². The Bertz CT molecular complexity index is 455. The molecule has 0 atom stereocenters. The summed E-state index contributed by atoms with van der Waals surface area (Å²) in [6.07, 6.45) is 4.01. The molecule has 1 rings (SSSR count). The fraction of sp³-hybridized carbons (Fsp3) is 0.500. The van der Waals surface area contributed by atoms with Crippen molar-refractivity contribution in [1.29, 1.82) is 0 Å². The number of hydrogen-bond donors (Lipinski definition) is 0. The minimum Gasteiger partial charge on any atom is -0.463 e. The molecule has 128 valence electrons. The molecule has 0 fully saturated rings. The van der Waals surface area contributed by atoms with Crippen molar-refractivity contribution >= 4 is 19.7 Å². The molecular formula is C18H28O4Si. The van der Waals surface area contributed by atoms with Crippen molar-refractivity contribution in [2.75, 3.05) is 19.8 Å².